The minimum atomic E-state index is -0.298. The van der Waals surface area contributed by atoms with Gasteiger partial charge >= 0.3 is 0 Å². The molecule has 0 fully saturated rings. The minimum Gasteiger partial charge on any atom is -0.290 e. The molecule has 1 atom stereocenters. The highest BCUT2D eigenvalue weighted by molar-refractivity contribution is 6.31. The molecule has 6 heteroatoms. The molecule has 3 aromatic rings. The standard InChI is InChI=1S/C26H23ClFN3O/c27-23-8-4-3-7-22(23)25-15-24(19-9-11-21(28)12-10-19)29-31(25)26(32)17-30-14-13-18-5-1-2-6-20(18)16-30/h1-12,25H,13-17H2/t25-/m1/s1. The summed E-state index contributed by atoms with van der Waals surface area (Å²) in [6, 6.07) is 21.9. The van der Waals surface area contributed by atoms with Gasteiger partial charge in [-0.15, -0.1) is 0 Å². The van der Waals surface area contributed by atoms with Crippen LogP contribution in [0.25, 0.3) is 0 Å². The Labute approximate surface area is 191 Å². The maximum Gasteiger partial charge on any atom is 0.257 e. The number of nitrogens with zero attached hydrogens (tertiary/aromatic N) is 3. The highest BCUT2D eigenvalue weighted by Crippen LogP contribution is 2.36. The molecule has 162 valence electrons. The monoisotopic (exact) mass is 447 g/mol. The molecule has 2 aliphatic heterocycles. The lowest BCUT2D eigenvalue weighted by molar-refractivity contribution is -0.134. The molecule has 2 aliphatic rings. The normalized spacial score (nSPS) is 18.4. The van der Waals surface area contributed by atoms with Crippen LogP contribution in [0.5, 0.6) is 0 Å². The minimum absolute atomic E-state index is 0.0635. The van der Waals surface area contributed by atoms with Gasteiger partial charge < -0.3 is 0 Å². The third-order valence-corrected chi connectivity index (χ3v) is 6.52. The predicted molar refractivity (Wildman–Crippen MR) is 124 cm³/mol. The first-order chi connectivity index (χ1) is 15.6. The van der Waals surface area contributed by atoms with Gasteiger partial charge in [-0.25, -0.2) is 9.40 Å². The Morgan fingerprint density at radius 1 is 1.00 bits per heavy atom. The fourth-order valence-corrected chi connectivity index (χ4v) is 4.76. The van der Waals surface area contributed by atoms with E-state index in [1.54, 1.807) is 17.1 Å². The second-order valence-electron chi connectivity index (χ2n) is 8.26. The smallest absolute Gasteiger partial charge is 0.257 e. The molecule has 0 spiro atoms. The van der Waals surface area contributed by atoms with Crippen LogP contribution in [0.2, 0.25) is 5.02 Å². The molecule has 0 N–H and O–H groups in total. The number of hydrogen-bond acceptors (Lipinski definition) is 3. The van der Waals surface area contributed by atoms with E-state index in [4.69, 9.17) is 11.6 Å². The van der Waals surface area contributed by atoms with Crippen molar-refractivity contribution in [2.75, 3.05) is 13.1 Å². The molecule has 0 bridgehead atoms. The van der Waals surface area contributed by atoms with Crippen LogP contribution >= 0.6 is 11.6 Å². The Hall–Kier alpha value is -3.02. The van der Waals surface area contributed by atoms with E-state index in [-0.39, 0.29) is 24.3 Å². The number of rotatable bonds is 4. The Morgan fingerprint density at radius 2 is 1.72 bits per heavy atom. The van der Waals surface area contributed by atoms with Crippen molar-refractivity contribution in [3.63, 3.8) is 0 Å². The van der Waals surface area contributed by atoms with Crippen molar-refractivity contribution in [1.29, 1.82) is 0 Å². The highest BCUT2D eigenvalue weighted by Gasteiger charge is 2.35. The molecule has 0 saturated heterocycles. The van der Waals surface area contributed by atoms with Gasteiger partial charge in [0.1, 0.15) is 5.82 Å². The van der Waals surface area contributed by atoms with E-state index in [1.165, 1.54) is 23.3 Å². The van der Waals surface area contributed by atoms with Crippen LogP contribution in [-0.2, 0) is 17.8 Å². The van der Waals surface area contributed by atoms with Gasteiger partial charge in [0, 0.05) is 24.5 Å². The molecule has 0 aliphatic carbocycles. The van der Waals surface area contributed by atoms with Crippen LogP contribution in [0, 0.1) is 5.82 Å². The summed E-state index contributed by atoms with van der Waals surface area (Å²) in [6.07, 6.45) is 1.46. The number of hydrazone groups is 1. The molecule has 0 unspecified atom stereocenters. The zero-order valence-electron chi connectivity index (χ0n) is 17.5. The van der Waals surface area contributed by atoms with Crippen LogP contribution in [-0.4, -0.2) is 34.6 Å². The number of carbonyl (C=O) groups is 1. The summed E-state index contributed by atoms with van der Waals surface area (Å²) in [5, 5.41) is 6.87. The van der Waals surface area contributed by atoms with Gasteiger partial charge in [-0.2, -0.15) is 5.10 Å². The zero-order chi connectivity index (χ0) is 22.1. The van der Waals surface area contributed by atoms with Crippen LogP contribution in [0.15, 0.2) is 77.9 Å². The number of hydrogen-bond donors (Lipinski definition) is 0. The van der Waals surface area contributed by atoms with E-state index in [9.17, 15) is 9.18 Å². The molecule has 1 amide bonds. The number of carbonyl (C=O) groups excluding carboxylic acids is 1. The third-order valence-electron chi connectivity index (χ3n) is 6.18. The molecule has 32 heavy (non-hydrogen) atoms. The van der Waals surface area contributed by atoms with Gasteiger partial charge in [-0.3, -0.25) is 9.69 Å². The van der Waals surface area contributed by atoms with Crippen LogP contribution < -0.4 is 0 Å². The summed E-state index contributed by atoms with van der Waals surface area (Å²) in [6.45, 7) is 1.87. The van der Waals surface area contributed by atoms with Crippen molar-refractivity contribution in [1.82, 2.24) is 9.91 Å². The Kier molecular flexibility index (Phi) is 5.77. The highest BCUT2D eigenvalue weighted by atomic mass is 35.5. The summed E-state index contributed by atoms with van der Waals surface area (Å²) in [5.41, 5.74) is 5.05. The quantitative estimate of drug-likeness (QED) is 0.550. The van der Waals surface area contributed by atoms with Crippen molar-refractivity contribution in [3.8, 4) is 0 Å². The Bertz CT molecular complexity index is 1180. The Balaban J connectivity index is 1.41. The molecule has 0 radical (unpaired) electrons. The van der Waals surface area contributed by atoms with Gasteiger partial charge in [0.2, 0.25) is 0 Å². The van der Waals surface area contributed by atoms with Crippen molar-refractivity contribution < 1.29 is 9.18 Å². The second kappa shape index (κ2) is 8.85. The van der Waals surface area contributed by atoms with E-state index in [1.807, 2.05) is 30.3 Å². The molecular formula is C26H23ClFN3O. The topological polar surface area (TPSA) is 35.9 Å². The summed E-state index contributed by atoms with van der Waals surface area (Å²) in [4.78, 5) is 15.6. The molecular weight excluding hydrogens is 425 g/mol. The SMILES string of the molecule is O=C(CN1CCc2ccccc2C1)N1N=C(c2ccc(F)cc2)C[C@@H]1c1ccccc1Cl. The maximum absolute atomic E-state index is 13.4. The van der Waals surface area contributed by atoms with Crippen molar-refractivity contribution in [2.45, 2.75) is 25.4 Å². The van der Waals surface area contributed by atoms with Crippen LogP contribution in [0.4, 0.5) is 4.39 Å². The van der Waals surface area contributed by atoms with Crippen molar-refractivity contribution >= 4 is 23.2 Å². The van der Waals surface area contributed by atoms with Gasteiger partial charge in [-0.05, 0) is 46.9 Å². The fraction of sp³-hybridized carbons (Fsp3) is 0.231. The summed E-state index contributed by atoms with van der Waals surface area (Å²) >= 11 is 6.49. The summed E-state index contributed by atoms with van der Waals surface area (Å²) in [7, 11) is 0. The largest absolute Gasteiger partial charge is 0.290 e. The molecule has 0 saturated carbocycles. The lowest BCUT2D eigenvalue weighted by atomic mass is 9.98. The maximum atomic E-state index is 13.4. The summed E-state index contributed by atoms with van der Waals surface area (Å²) in [5.74, 6) is -0.361. The van der Waals surface area contributed by atoms with Crippen LogP contribution in [0.1, 0.15) is 34.7 Å². The number of fused-ring (bicyclic) bond motifs is 1. The molecule has 2 heterocycles. The lowest BCUT2D eigenvalue weighted by Crippen LogP contribution is -2.40. The average Bonchev–Trinajstić information content (AvgIpc) is 3.25. The first kappa shape index (κ1) is 20.9. The van der Waals surface area contributed by atoms with E-state index in [2.05, 4.69) is 28.2 Å². The summed E-state index contributed by atoms with van der Waals surface area (Å²) < 4.78 is 13.4. The fourth-order valence-electron chi connectivity index (χ4n) is 4.50. The number of benzene rings is 3. The molecule has 4 nitrogen and oxygen atoms in total. The van der Waals surface area contributed by atoms with Crippen LogP contribution in [0.3, 0.4) is 0 Å². The van der Waals surface area contributed by atoms with Crippen molar-refractivity contribution in [3.05, 3.63) is 106 Å². The first-order valence-corrected chi connectivity index (χ1v) is 11.2. The predicted octanol–water partition coefficient (Wildman–Crippen LogP) is 5.22. The molecule has 3 aromatic carbocycles. The second-order valence-corrected chi connectivity index (χ2v) is 8.67. The van der Waals surface area contributed by atoms with E-state index in [0.717, 1.165) is 36.3 Å². The van der Waals surface area contributed by atoms with Gasteiger partial charge in [-0.1, -0.05) is 66.2 Å². The average molecular weight is 448 g/mol. The Morgan fingerprint density at radius 3 is 2.50 bits per heavy atom. The van der Waals surface area contributed by atoms with E-state index < -0.39 is 0 Å². The van der Waals surface area contributed by atoms with Gasteiger partial charge in [0.25, 0.3) is 5.91 Å². The lowest BCUT2D eigenvalue weighted by Gasteiger charge is -2.30. The third kappa shape index (κ3) is 4.18. The van der Waals surface area contributed by atoms with Crippen molar-refractivity contribution in [2.24, 2.45) is 5.10 Å². The van der Waals surface area contributed by atoms with E-state index in [0.29, 0.717) is 11.4 Å². The number of halogens is 2. The molecule has 0 aromatic heterocycles. The van der Waals surface area contributed by atoms with E-state index >= 15 is 0 Å². The first-order valence-electron chi connectivity index (χ1n) is 10.8. The number of amides is 1. The zero-order valence-corrected chi connectivity index (χ0v) is 18.3. The van der Waals surface area contributed by atoms with Gasteiger partial charge in [0.05, 0.1) is 18.3 Å². The molecule has 5 rings (SSSR count). The van der Waals surface area contributed by atoms with Gasteiger partial charge in [0.15, 0.2) is 0 Å².